The molecule has 0 radical (unpaired) electrons. The van der Waals surface area contributed by atoms with Crippen LogP contribution in [0.1, 0.15) is 61.6 Å². The molecule has 0 unspecified atom stereocenters. The van der Waals surface area contributed by atoms with Crippen molar-refractivity contribution in [3.63, 3.8) is 0 Å². The first kappa shape index (κ1) is 13.0. The summed E-state index contributed by atoms with van der Waals surface area (Å²) in [7, 11) is 0. The van der Waals surface area contributed by atoms with Crippen molar-refractivity contribution < 1.29 is 4.74 Å². The first-order valence-corrected chi connectivity index (χ1v) is 7.66. The number of rotatable bonds is 3. The third-order valence-corrected chi connectivity index (χ3v) is 5.05. The van der Waals surface area contributed by atoms with Crippen molar-refractivity contribution in [3.8, 4) is 5.75 Å². The first-order valence-electron chi connectivity index (χ1n) is 7.66. The Morgan fingerprint density at radius 3 is 2.37 bits per heavy atom. The van der Waals surface area contributed by atoms with E-state index in [0.717, 1.165) is 18.6 Å². The molecule has 0 amide bonds. The van der Waals surface area contributed by atoms with E-state index >= 15 is 0 Å². The normalized spacial score (nSPS) is 22.3. The van der Waals surface area contributed by atoms with E-state index in [-0.39, 0.29) is 5.54 Å². The van der Waals surface area contributed by atoms with Gasteiger partial charge in [-0.3, -0.25) is 0 Å². The Bertz CT molecular complexity index is 470. The minimum absolute atomic E-state index is 0.133. The number of nitrogens with two attached hydrogens (primary N) is 1. The van der Waals surface area contributed by atoms with E-state index in [9.17, 15) is 0 Å². The van der Waals surface area contributed by atoms with Gasteiger partial charge in [-0.1, -0.05) is 12.1 Å². The van der Waals surface area contributed by atoms with Crippen molar-refractivity contribution in [1.29, 1.82) is 0 Å². The lowest BCUT2D eigenvalue weighted by atomic mass is 9.72. The van der Waals surface area contributed by atoms with Gasteiger partial charge in [-0.25, -0.2) is 0 Å². The summed E-state index contributed by atoms with van der Waals surface area (Å²) < 4.78 is 6.36. The molecule has 1 aromatic rings. The zero-order valence-corrected chi connectivity index (χ0v) is 12.2. The minimum Gasteiger partial charge on any atom is -0.490 e. The quantitative estimate of drug-likeness (QED) is 0.891. The molecule has 2 heteroatoms. The van der Waals surface area contributed by atoms with Crippen LogP contribution in [0.25, 0.3) is 0 Å². The van der Waals surface area contributed by atoms with Gasteiger partial charge in [0.1, 0.15) is 5.75 Å². The highest BCUT2D eigenvalue weighted by atomic mass is 16.5. The van der Waals surface area contributed by atoms with Crippen LogP contribution in [0.4, 0.5) is 0 Å². The molecule has 19 heavy (non-hydrogen) atoms. The van der Waals surface area contributed by atoms with E-state index in [2.05, 4.69) is 26.0 Å². The Hall–Kier alpha value is -1.02. The fourth-order valence-electron chi connectivity index (χ4n) is 3.33. The predicted octanol–water partition coefficient (Wildman–Crippen LogP) is 3.96. The molecule has 0 aromatic heterocycles. The SMILES string of the molecule is Cc1ccc(C2(N)CCC2)c(OC2CCCC2)c1C. The number of ether oxygens (including phenoxy) is 1. The zero-order chi connectivity index (χ0) is 13.5. The van der Waals surface area contributed by atoms with Gasteiger partial charge in [-0.15, -0.1) is 0 Å². The standard InChI is InChI=1S/C17H25NO/c1-12-8-9-15(17(18)10-5-11-17)16(13(12)2)19-14-6-3-4-7-14/h8-9,14H,3-7,10-11,18H2,1-2H3. The van der Waals surface area contributed by atoms with Gasteiger partial charge >= 0.3 is 0 Å². The molecule has 0 heterocycles. The van der Waals surface area contributed by atoms with Crippen LogP contribution in [-0.2, 0) is 5.54 Å². The maximum absolute atomic E-state index is 6.54. The van der Waals surface area contributed by atoms with Gasteiger partial charge in [0.2, 0.25) is 0 Å². The Labute approximate surface area is 116 Å². The van der Waals surface area contributed by atoms with Crippen molar-refractivity contribution in [1.82, 2.24) is 0 Å². The summed E-state index contributed by atoms with van der Waals surface area (Å²) in [6.07, 6.45) is 8.84. The molecule has 0 saturated heterocycles. The molecule has 3 rings (SSSR count). The van der Waals surface area contributed by atoms with E-state index in [1.54, 1.807) is 0 Å². The van der Waals surface area contributed by atoms with E-state index < -0.39 is 0 Å². The maximum Gasteiger partial charge on any atom is 0.127 e. The van der Waals surface area contributed by atoms with Gasteiger partial charge in [-0.05, 0) is 69.9 Å². The highest BCUT2D eigenvalue weighted by Crippen LogP contribution is 2.45. The molecule has 2 aliphatic carbocycles. The van der Waals surface area contributed by atoms with Crippen LogP contribution in [0.5, 0.6) is 5.75 Å². The molecule has 2 aliphatic rings. The largest absolute Gasteiger partial charge is 0.490 e. The van der Waals surface area contributed by atoms with Crippen molar-refractivity contribution in [2.75, 3.05) is 0 Å². The average molecular weight is 259 g/mol. The van der Waals surface area contributed by atoms with Gasteiger partial charge < -0.3 is 10.5 Å². The second-order valence-corrected chi connectivity index (χ2v) is 6.42. The summed E-state index contributed by atoms with van der Waals surface area (Å²) in [5.41, 5.74) is 10.2. The van der Waals surface area contributed by atoms with Gasteiger partial charge in [0.15, 0.2) is 0 Å². The van der Waals surface area contributed by atoms with Crippen LogP contribution in [0.15, 0.2) is 12.1 Å². The molecule has 0 aliphatic heterocycles. The summed E-state index contributed by atoms with van der Waals surface area (Å²) in [5, 5.41) is 0. The highest BCUT2D eigenvalue weighted by molar-refractivity contribution is 5.49. The molecule has 0 spiro atoms. The molecule has 104 valence electrons. The zero-order valence-electron chi connectivity index (χ0n) is 12.2. The van der Waals surface area contributed by atoms with Crippen LogP contribution < -0.4 is 10.5 Å². The van der Waals surface area contributed by atoms with Crippen molar-refractivity contribution >= 4 is 0 Å². The predicted molar refractivity (Wildman–Crippen MR) is 78.5 cm³/mol. The van der Waals surface area contributed by atoms with E-state index in [0.29, 0.717) is 6.10 Å². The van der Waals surface area contributed by atoms with E-state index in [1.165, 1.54) is 48.8 Å². The van der Waals surface area contributed by atoms with E-state index in [4.69, 9.17) is 10.5 Å². The van der Waals surface area contributed by atoms with Gasteiger partial charge in [-0.2, -0.15) is 0 Å². The molecule has 2 saturated carbocycles. The number of hydrogen-bond donors (Lipinski definition) is 1. The number of hydrogen-bond acceptors (Lipinski definition) is 2. The summed E-state index contributed by atoms with van der Waals surface area (Å²) >= 11 is 0. The van der Waals surface area contributed by atoms with Crippen molar-refractivity contribution in [2.45, 2.75) is 70.4 Å². The highest BCUT2D eigenvalue weighted by Gasteiger charge is 2.37. The van der Waals surface area contributed by atoms with Gasteiger partial charge in [0, 0.05) is 11.1 Å². The number of aryl methyl sites for hydroxylation is 1. The lowest BCUT2D eigenvalue weighted by Gasteiger charge is -2.40. The first-order chi connectivity index (χ1) is 9.10. The molecule has 1 aromatic carbocycles. The molecule has 0 bridgehead atoms. The summed E-state index contributed by atoms with van der Waals surface area (Å²) in [4.78, 5) is 0. The minimum atomic E-state index is -0.133. The Morgan fingerprint density at radius 2 is 1.79 bits per heavy atom. The maximum atomic E-state index is 6.54. The fraction of sp³-hybridized carbons (Fsp3) is 0.647. The van der Waals surface area contributed by atoms with Gasteiger partial charge in [0.25, 0.3) is 0 Å². The smallest absolute Gasteiger partial charge is 0.127 e. The third-order valence-electron chi connectivity index (χ3n) is 5.05. The number of benzene rings is 1. The average Bonchev–Trinajstić information content (AvgIpc) is 2.85. The molecule has 2 fully saturated rings. The van der Waals surface area contributed by atoms with Crippen LogP contribution in [0.3, 0.4) is 0 Å². The Kier molecular flexibility index (Phi) is 3.30. The lowest BCUT2D eigenvalue weighted by Crippen LogP contribution is -2.43. The van der Waals surface area contributed by atoms with Crippen LogP contribution >= 0.6 is 0 Å². The van der Waals surface area contributed by atoms with Crippen molar-refractivity contribution in [2.24, 2.45) is 5.73 Å². The second-order valence-electron chi connectivity index (χ2n) is 6.42. The molecule has 0 atom stereocenters. The Morgan fingerprint density at radius 1 is 1.11 bits per heavy atom. The second kappa shape index (κ2) is 4.82. The summed E-state index contributed by atoms with van der Waals surface area (Å²) in [6, 6.07) is 4.39. The van der Waals surface area contributed by atoms with Crippen LogP contribution in [0.2, 0.25) is 0 Å². The topological polar surface area (TPSA) is 35.2 Å². The summed E-state index contributed by atoms with van der Waals surface area (Å²) in [5.74, 6) is 1.09. The fourth-order valence-corrected chi connectivity index (χ4v) is 3.33. The molecular formula is C17H25NO. The lowest BCUT2D eigenvalue weighted by molar-refractivity contribution is 0.188. The summed E-state index contributed by atoms with van der Waals surface area (Å²) in [6.45, 7) is 4.33. The molecular weight excluding hydrogens is 234 g/mol. The molecule has 2 nitrogen and oxygen atoms in total. The third kappa shape index (κ3) is 2.27. The van der Waals surface area contributed by atoms with Crippen LogP contribution in [0, 0.1) is 13.8 Å². The van der Waals surface area contributed by atoms with Crippen molar-refractivity contribution in [3.05, 3.63) is 28.8 Å². The Balaban J connectivity index is 1.96. The van der Waals surface area contributed by atoms with Gasteiger partial charge in [0.05, 0.1) is 6.10 Å². The van der Waals surface area contributed by atoms with E-state index in [1.807, 2.05) is 0 Å². The molecule has 2 N–H and O–H groups in total. The van der Waals surface area contributed by atoms with Crippen LogP contribution in [-0.4, -0.2) is 6.10 Å². The monoisotopic (exact) mass is 259 g/mol.